The number of hydrogen-bond acceptors (Lipinski definition) is 3. The van der Waals surface area contributed by atoms with E-state index in [0.29, 0.717) is 24.4 Å². The number of halogens is 1. The van der Waals surface area contributed by atoms with Crippen molar-refractivity contribution in [1.82, 2.24) is 15.1 Å². The van der Waals surface area contributed by atoms with E-state index in [1.165, 1.54) is 36.9 Å². The van der Waals surface area contributed by atoms with Crippen molar-refractivity contribution < 1.29 is 4.79 Å². The molecule has 2 saturated carbocycles. The van der Waals surface area contributed by atoms with Crippen molar-refractivity contribution >= 4 is 18.3 Å². The molecule has 0 saturated heterocycles. The highest BCUT2D eigenvalue weighted by Gasteiger charge is 2.40. The molecule has 29 heavy (non-hydrogen) atoms. The number of fused-ring (bicyclic) bond motifs is 3. The van der Waals surface area contributed by atoms with Crippen molar-refractivity contribution in [2.24, 2.45) is 23.5 Å². The monoisotopic (exact) mass is 414 g/mol. The average Bonchev–Trinajstić information content (AvgIpc) is 3.30. The zero-order valence-corrected chi connectivity index (χ0v) is 17.7. The molecule has 5 nitrogen and oxygen atoms in total. The second-order valence-corrected chi connectivity index (χ2v) is 8.89. The van der Waals surface area contributed by atoms with Gasteiger partial charge in [0.1, 0.15) is 0 Å². The van der Waals surface area contributed by atoms with Crippen LogP contribution in [0.25, 0.3) is 5.69 Å². The molecular weight excluding hydrogens is 384 g/mol. The lowest BCUT2D eigenvalue weighted by Gasteiger charge is -2.43. The van der Waals surface area contributed by atoms with Crippen LogP contribution in [0.3, 0.4) is 0 Å². The van der Waals surface area contributed by atoms with Crippen molar-refractivity contribution in [2.75, 3.05) is 0 Å². The highest BCUT2D eigenvalue weighted by atomic mass is 35.5. The fourth-order valence-electron chi connectivity index (χ4n) is 5.76. The molecule has 0 spiro atoms. The Hall–Kier alpha value is -1.85. The number of carbonyl (C=O) groups excluding carboxylic acids is 1. The third-order valence-electron chi connectivity index (χ3n) is 7.23. The molecule has 3 aliphatic rings. The fraction of sp³-hybridized carbons (Fsp3) is 0.565. The first kappa shape index (κ1) is 20.4. The van der Waals surface area contributed by atoms with E-state index in [-0.39, 0.29) is 24.2 Å². The van der Waals surface area contributed by atoms with E-state index in [9.17, 15) is 4.79 Å². The fourth-order valence-corrected chi connectivity index (χ4v) is 5.76. The number of hydrogen-bond donors (Lipinski definition) is 2. The topological polar surface area (TPSA) is 72.9 Å². The molecule has 156 valence electrons. The van der Waals surface area contributed by atoms with Crippen LogP contribution in [-0.4, -0.2) is 21.7 Å². The molecule has 2 unspecified atom stereocenters. The van der Waals surface area contributed by atoms with Gasteiger partial charge in [-0.3, -0.25) is 4.79 Å². The van der Waals surface area contributed by atoms with Crippen molar-refractivity contribution in [1.29, 1.82) is 0 Å². The number of nitrogens with two attached hydrogens (primary N) is 1. The number of benzene rings is 1. The maximum atomic E-state index is 12.9. The van der Waals surface area contributed by atoms with Gasteiger partial charge in [-0.2, -0.15) is 5.10 Å². The van der Waals surface area contributed by atoms with Crippen LogP contribution >= 0.6 is 12.4 Å². The van der Waals surface area contributed by atoms with Crippen molar-refractivity contribution in [3.05, 3.63) is 47.3 Å². The van der Waals surface area contributed by atoms with E-state index < -0.39 is 0 Å². The van der Waals surface area contributed by atoms with Crippen LogP contribution in [0.1, 0.15) is 55.5 Å². The number of carbonyl (C=O) groups is 1. The van der Waals surface area contributed by atoms with Gasteiger partial charge in [0.25, 0.3) is 0 Å². The summed E-state index contributed by atoms with van der Waals surface area (Å²) in [5, 5.41) is 8.08. The van der Waals surface area contributed by atoms with E-state index >= 15 is 0 Å². The standard InChI is InChI=1S/C23H30N4O.ClH/c24-22-15-6-4-7-16(22)13-17(12-15)23(28)25-14-20-19-10-5-11-21(19)27(26-20)18-8-2-1-3-9-18;/h1-3,8-9,15-17,22H,4-7,10-14,24H2,(H,25,28);1H. The molecule has 2 fully saturated rings. The summed E-state index contributed by atoms with van der Waals surface area (Å²) in [4.78, 5) is 12.9. The number of amides is 1. The Kier molecular flexibility index (Phi) is 5.98. The summed E-state index contributed by atoms with van der Waals surface area (Å²) in [6.45, 7) is 0.541. The van der Waals surface area contributed by atoms with Gasteiger partial charge in [-0.25, -0.2) is 4.68 Å². The summed E-state index contributed by atoms with van der Waals surface area (Å²) in [7, 11) is 0. The Morgan fingerprint density at radius 3 is 2.55 bits per heavy atom. The number of aromatic nitrogens is 2. The molecule has 2 bridgehead atoms. The van der Waals surface area contributed by atoms with Crippen molar-refractivity contribution in [2.45, 2.75) is 64.0 Å². The Balaban J connectivity index is 0.00000205. The van der Waals surface area contributed by atoms with Crippen LogP contribution in [0.4, 0.5) is 0 Å². The van der Waals surface area contributed by atoms with Gasteiger partial charge >= 0.3 is 0 Å². The molecule has 1 heterocycles. The maximum Gasteiger partial charge on any atom is 0.223 e. The number of nitrogens with zero attached hydrogens (tertiary/aromatic N) is 2. The molecule has 0 aliphatic heterocycles. The summed E-state index contributed by atoms with van der Waals surface area (Å²) in [6.07, 6.45) is 8.88. The molecule has 2 atom stereocenters. The predicted molar refractivity (Wildman–Crippen MR) is 116 cm³/mol. The van der Waals surface area contributed by atoms with Crippen molar-refractivity contribution in [3.63, 3.8) is 0 Å². The van der Waals surface area contributed by atoms with E-state index in [0.717, 1.165) is 37.1 Å². The Bertz CT molecular complexity index is 851. The average molecular weight is 415 g/mol. The Morgan fingerprint density at radius 2 is 1.83 bits per heavy atom. The summed E-state index contributed by atoms with van der Waals surface area (Å²) in [5.41, 5.74) is 11.2. The van der Waals surface area contributed by atoms with Gasteiger partial charge in [0, 0.05) is 17.7 Å². The van der Waals surface area contributed by atoms with E-state index in [2.05, 4.69) is 22.1 Å². The molecule has 3 aliphatic carbocycles. The van der Waals surface area contributed by atoms with Crippen molar-refractivity contribution in [3.8, 4) is 5.69 Å². The van der Waals surface area contributed by atoms with Gasteiger partial charge in [-0.15, -0.1) is 12.4 Å². The lowest BCUT2D eigenvalue weighted by atomic mass is 9.65. The lowest BCUT2D eigenvalue weighted by Crippen LogP contribution is -2.49. The number of para-hydroxylation sites is 1. The molecular formula is C23H31ClN4O. The molecule has 6 heteroatoms. The first-order valence-corrected chi connectivity index (χ1v) is 10.9. The van der Waals surface area contributed by atoms with Gasteiger partial charge in [-0.1, -0.05) is 24.6 Å². The highest BCUT2D eigenvalue weighted by molar-refractivity contribution is 5.85. The normalized spacial score (nSPS) is 27.8. The Morgan fingerprint density at radius 1 is 1.10 bits per heavy atom. The van der Waals surface area contributed by atoms with Gasteiger partial charge in [0.05, 0.1) is 17.9 Å². The van der Waals surface area contributed by atoms with E-state index in [1.807, 2.05) is 18.2 Å². The van der Waals surface area contributed by atoms with Crippen LogP contribution < -0.4 is 11.1 Å². The summed E-state index contributed by atoms with van der Waals surface area (Å²) in [5.74, 6) is 1.39. The largest absolute Gasteiger partial charge is 0.350 e. The van der Waals surface area contributed by atoms with Gasteiger partial charge < -0.3 is 11.1 Å². The van der Waals surface area contributed by atoms with Crippen LogP contribution in [-0.2, 0) is 24.2 Å². The predicted octanol–water partition coefficient (Wildman–Crippen LogP) is 3.55. The maximum absolute atomic E-state index is 12.9. The number of rotatable bonds is 4. The van der Waals surface area contributed by atoms with E-state index in [1.54, 1.807) is 0 Å². The van der Waals surface area contributed by atoms with Gasteiger partial charge in [0.2, 0.25) is 5.91 Å². The highest BCUT2D eigenvalue weighted by Crippen LogP contribution is 2.42. The summed E-state index contributed by atoms with van der Waals surface area (Å²) in [6, 6.07) is 10.6. The molecule has 1 aromatic heterocycles. The zero-order chi connectivity index (χ0) is 19.1. The quantitative estimate of drug-likeness (QED) is 0.803. The molecule has 1 amide bonds. The minimum Gasteiger partial charge on any atom is -0.350 e. The number of nitrogens with one attached hydrogen (secondary N) is 1. The van der Waals surface area contributed by atoms with Gasteiger partial charge in [0.15, 0.2) is 0 Å². The molecule has 0 radical (unpaired) electrons. The Labute approximate surface area is 178 Å². The van der Waals surface area contributed by atoms with Crippen LogP contribution in [0.5, 0.6) is 0 Å². The first-order chi connectivity index (χ1) is 13.7. The summed E-state index contributed by atoms with van der Waals surface area (Å²) >= 11 is 0. The first-order valence-electron chi connectivity index (χ1n) is 10.9. The van der Waals surface area contributed by atoms with Crippen LogP contribution in [0.2, 0.25) is 0 Å². The van der Waals surface area contributed by atoms with Crippen LogP contribution in [0, 0.1) is 17.8 Å². The minimum absolute atomic E-state index is 0. The smallest absolute Gasteiger partial charge is 0.223 e. The minimum atomic E-state index is 0. The second kappa shape index (κ2) is 8.49. The molecule has 2 aromatic rings. The van der Waals surface area contributed by atoms with E-state index in [4.69, 9.17) is 10.8 Å². The molecule has 1 aromatic carbocycles. The molecule has 3 N–H and O–H groups in total. The SMILES string of the molecule is Cl.NC1C2CCCC1CC(C(=O)NCc1nn(-c3ccccc3)c3c1CCC3)C2. The summed E-state index contributed by atoms with van der Waals surface area (Å²) < 4.78 is 2.08. The zero-order valence-electron chi connectivity index (χ0n) is 16.8. The third kappa shape index (κ3) is 3.82. The second-order valence-electron chi connectivity index (χ2n) is 8.89. The molecule has 5 rings (SSSR count). The third-order valence-corrected chi connectivity index (χ3v) is 7.23. The lowest BCUT2D eigenvalue weighted by molar-refractivity contribution is -0.128. The van der Waals surface area contributed by atoms with Gasteiger partial charge in [-0.05, 0) is 74.5 Å². The van der Waals surface area contributed by atoms with Crippen LogP contribution in [0.15, 0.2) is 30.3 Å².